The second kappa shape index (κ2) is 4.26. The molecule has 0 aromatic heterocycles. The molecule has 66 valence electrons. The van der Waals surface area contributed by atoms with Gasteiger partial charge in [0.1, 0.15) is 0 Å². The summed E-state index contributed by atoms with van der Waals surface area (Å²) in [4.78, 5) is 0. The first-order valence-electron chi connectivity index (χ1n) is 4.91. The molecule has 1 rings (SSSR count). The van der Waals surface area contributed by atoms with Gasteiger partial charge in [-0.05, 0) is 25.1 Å². The molecule has 0 spiro atoms. The largest absolute Gasteiger partial charge is 0.417 e. The zero-order valence-electron chi connectivity index (χ0n) is 7.86. The summed E-state index contributed by atoms with van der Waals surface area (Å²) in [5, 5.41) is 0. The third-order valence-electron chi connectivity index (χ3n) is 2.57. The van der Waals surface area contributed by atoms with Crippen molar-refractivity contribution in [2.75, 3.05) is 6.61 Å². The fourth-order valence-electron chi connectivity index (χ4n) is 1.79. The average molecular weight is 172 g/mol. The van der Waals surface area contributed by atoms with E-state index in [0.717, 1.165) is 6.61 Å². The monoisotopic (exact) mass is 172 g/mol. The Kier molecular flexibility index (Phi) is 3.59. The van der Waals surface area contributed by atoms with E-state index in [1.54, 1.807) is 0 Å². The fraction of sp³-hybridized carbons (Fsp3) is 1.00. The Balaban J connectivity index is 2.25. The van der Waals surface area contributed by atoms with E-state index in [4.69, 9.17) is 4.43 Å². The predicted octanol–water partition coefficient (Wildman–Crippen LogP) is 3.17. The Morgan fingerprint density at radius 2 is 1.82 bits per heavy atom. The van der Waals surface area contributed by atoms with Crippen LogP contribution in [-0.4, -0.2) is 14.9 Å². The minimum Gasteiger partial charge on any atom is -0.417 e. The highest BCUT2D eigenvalue weighted by atomic mass is 28.4. The molecule has 0 bridgehead atoms. The van der Waals surface area contributed by atoms with Gasteiger partial charge in [-0.2, -0.15) is 0 Å². The molecule has 11 heavy (non-hydrogen) atoms. The third-order valence-corrected chi connectivity index (χ3v) is 6.29. The maximum Gasteiger partial charge on any atom is 0.189 e. The molecule has 1 heterocycles. The first-order chi connectivity index (χ1) is 5.27. The highest BCUT2D eigenvalue weighted by Crippen LogP contribution is 2.29. The van der Waals surface area contributed by atoms with Gasteiger partial charge in [-0.25, -0.2) is 0 Å². The molecular weight excluding hydrogens is 152 g/mol. The van der Waals surface area contributed by atoms with Crippen LogP contribution in [0.15, 0.2) is 0 Å². The topological polar surface area (TPSA) is 9.23 Å². The minimum atomic E-state index is -1.16. The van der Waals surface area contributed by atoms with Gasteiger partial charge in [-0.15, -0.1) is 0 Å². The van der Waals surface area contributed by atoms with Crippen LogP contribution in [0.5, 0.6) is 0 Å². The molecule has 0 radical (unpaired) electrons. The van der Waals surface area contributed by atoms with Crippen molar-refractivity contribution in [1.82, 2.24) is 0 Å². The van der Waals surface area contributed by atoms with Gasteiger partial charge in [0.25, 0.3) is 0 Å². The molecule has 0 aliphatic carbocycles. The van der Waals surface area contributed by atoms with Crippen molar-refractivity contribution in [3.05, 3.63) is 0 Å². The fourth-order valence-corrected chi connectivity index (χ4v) is 5.02. The Hall–Kier alpha value is 0.177. The quantitative estimate of drug-likeness (QED) is 0.594. The molecule has 1 fully saturated rings. The lowest BCUT2D eigenvalue weighted by Gasteiger charge is -2.30. The lowest BCUT2D eigenvalue weighted by Crippen LogP contribution is -2.36. The molecule has 0 amide bonds. The summed E-state index contributed by atoms with van der Waals surface area (Å²) in [5.41, 5.74) is 0. The van der Waals surface area contributed by atoms with E-state index in [1.807, 2.05) is 0 Å². The van der Waals surface area contributed by atoms with Crippen molar-refractivity contribution >= 4 is 8.32 Å². The Morgan fingerprint density at radius 1 is 1.18 bits per heavy atom. The molecule has 2 heteroatoms. The molecule has 1 nitrogen and oxygen atoms in total. The van der Waals surface area contributed by atoms with E-state index >= 15 is 0 Å². The summed E-state index contributed by atoms with van der Waals surface area (Å²) in [5.74, 6) is 0. The van der Waals surface area contributed by atoms with Crippen LogP contribution in [0, 0.1) is 0 Å². The summed E-state index contributed by atoms with van der Waals surface area (Å²) in [6.07, 6.45) is 5.47. The summed E-state index contributed by atoms with van der Waals surface area (Å²) in [7, 11) is -1.16. The SMILES string of the molecule is CCCO[Si]1(C)CCCCC1. The van der Waals surface area contributed by atoms with E-state index in [1.165, 1.54) is 37.8 Å². The predicted molar refractivity (Wildman–Crippen MR) is 51.3 cm³/mol. The lowest BCUT2D eigenvalue weighted by atomic mass is 10.3. The normalized spacial score (nSPS) is 23.5. The van der Waals surface area contributed by atoms with Gasteiger partial charge in [0.2, 0.25) is 0 Å². The molecule has 1 saturated heterocycles. The minimum absolute atomic E-state index is 1.00. The molecule has 0 unspecified atom stereocenters. The standard InChI is InChI=1S/C9H20OSi/c1-3-7-10-11(2)8-5-4-6-9-11/h3-9H2,1-2H3. The summed E-state index contributed by atoms with van der Waals surface area (Å²) in [6.45, 7) is 5.60. The van der Waals surface area contributed by atoms with Gasteiger partial charge in [0.05, 0.1) is 0 Å². The van der Waals surface area contributed by atoms with Gasteiger partial charge in [0, 0.05) is 6.61 Å². The van der Waals surface area contributed by atoms with Crippen LogP contribution in [0.1, 0.15) is 32.6 Å². The van der Waals surface area contributed by atoms with Crippen molar-refractivity contribution in [3.8, 4) is 0 Å². The number of hydrogen-bond acceptors (Lipinski definition) is 1. The van der Waals surface area contributed by atoms with E-state index in [2.05, 4.69) is 13.5 Å². The Labute approximate surface area is 71.3 Å². The van der Waals surface area contributed by atoms with Crippen LogP contribution in [0.25, 0.3) is 0 Å². The zero-order valence-corrected chi connectivity index (χ0v) is 8.86. The van der Waals surface area contributed by atoms with E-state index in [0.29, 0.717) is 0 Å². The van der Waals surface area contributed by atoms with Crippen LogP contribution in [0.2, 0.25) is 18.6 Å². The first kappa shape index (κ1) is 9.27. The van der Waals surface area contributed by atoms with Gasteiger partial charge < -0.3 is 4.43 Å². The smallest absolute Gasteiger partial charge is 0.189 e. The van der Waals surface area contributed by atoms with E-state index in [-0.39, 0.29) is 0 Å². The number of rotatable bonds is 3. The summed E-state index contributed by atoms with van der Waals surface area (Å²) in [6, 6.07) is 2.82. The Morgan fingerprint density at radius 3 is 2.36 bits per heavy atom. The van der Waals surface area contributed by atoms with Gasteiger partial charge >= 0.3 is 0 Å². The lowest BCUT2D eigenvalue weighted by molar-refractivity contribution is 0.295. The van der Waals surface area contributed by atoms with Crippen LogP contribution >= 0.6 is 0 Å². The molecule has 0 aromatic carbocycles. The molecule has 0 aromatic rings. The molecule has 1 aliphatic rings. The van der Waals surface area contributed by atoms with Crippen molar-refractivity contribution in [2.45, 2.75) is 51.2 Å². The van der Waals surface area contributed by atoms with Gasteiger partial charge in [0.15, 0.2) is 8.32 Å². The van der Waals surface area contributed by atoms with Crippen LogP contribution in [-0.2, 0) is 4.43 Å². The van der Waals surface area contributed by atoms with Gasteiger partial charge in [-0.1, -0.05) is 26.2 Å². The van der Waals surface area contributed by atoms with Crippen molar-refractivity contribution in [1.29, 1.82) is 0 Å². The third kappa shape index (κ3) is 2.95. The maximum atomic E-state index is 5.96. The molecule has 0 N–H and O–H groups in total. The molecule has 0 atom stereocenters. The maximum absolute atomic E-state index is 5.96. The highest BCUT2D eigenvalue weighted by molar-refractivity contribution is 6.72. The van der Waals surface area contributed by atoms with Crippen LogP contribution in [0.4, 0.5) is 0 Å². The van der Waals surface area contributed by atoms with E-state index in [9.17, 15) is 0 Å². The van der Waals surface area contributed by atoms with E-state index < -0.39 is 8.32 Å². The van der Waals surface area contributed by atoms with Crippen molar-refractivity contribution < 1.29 is 4.43 Å². The van der Waals surface area contributed by atoms with Gasteiger partial charge in [-0.3, -0.25) is 0 Å². The number of hydrogen-bond donors (Lipinski definition) is 0. The van der Waals surface area contributed by atoms with Crippen molar-refractivity contribution in [3.63, 3.8) is 0 Å². The molecular formula is C9H20OSi. The average Bonchev–Trinajstić information content (AvgIpc) is 2.03. The summed E-state index contributed by atoms with van der Waals surface area (Å²) >= 11 is 0. The van der Waals surface area contributed by atoms with Crippen LogP contribution in [0.3, 0.4) is 0 Å². The second-order valence-electron chi connectivity index (χ2n) is 3.86. The second-order valence-corrected chi connectivity index (χ2v) is 8.05. The first-order valence-corrected chi connectivity index (χ1v) is 7.73. The molecule has 0 saturated carbocycles. The zero-order chi connectivity index (χ0) is 8.16. The molecule has 1 aliphatic heterocycles. The van der Waals surface area contributed by atoms with Crippen molar-refractivity contribution in [2.24, 2.45) is 0 Å². The Bertz CT molecular complexity index is 108. The summed E-state index contributed by atoms with van der Waals surface area (Å²) < 4.78 is 5.96. The highest BCUT2D eigenvalue weighted by Gasteiger charge is 2.30. The van der Waals surface area contributed by atoms with Crippen LogP contribution < -0.4 is 0 Å².